The lowest BCUT2D eigenvalue weighted by molar-refractivity contribution is 0.298. The average molecular weight is 302 g/mol. The SMILES string of the molecule is Cc1ccc(S(=O)(=O)OCCc2cc(Cl)no2)cc1. The fourth-order valence-corrected chi connectivity index (χ4v) is 2.49. The van der Waals surface area contributed by atoms with Crippen molar-refractivity contribution in [3.8, 4) is 0 Å². The highest BCUT2D eigenvalue weighted by Crippen LogP contribution is 2.14. The van der Waals surface area contributed by atoms with E-state index in [2.05, 4.69) is 5.16 Å². The van der Waals surface area contributed by atoms with Gasteiger partial charge in [0.25, 0.3) is 10.1 Å². The van der Waals surface area contributed by atoms with E-state index in [1.165, 1.54) is 18.2 Å². The molecule has 1 aromatic heterocycles. The normalized spacial score (nSPS) is 11.7. The van der Waals surface area contributed by atoms with Crippen LogP contribution in [0.3, 0.4) is 0 Å². The minimum absolute atomic E-state index is 0.0261. The molecule has 102 valence electrons. The van der Waals surface area contributed by atoms with Crippen LogP contribution in [0.5, 0.6) is 0 Å². The molecule has 0 atom stereocenters. The first-order chi connectivity index (χ1) is 8.97. The Morgan fingerprint density at radius 3 is 2.58 bits per heavy atom. The zero-order valence-electron chi connectivity index (χ0n) is 10.2. The number of benzene rings is 1. The highest BCUT2D eigenvalue weighted by atomic mass is 35.5. The molecule has 0 radical (unpaired) electrons. The molecule has 0 bridgehead atoms. The number of hydrogen-bond donors (Lipinski definition) is 0. The zero-order chi connectivity index (χ0) is 13.9. The van der Waals surface area contributed by atoms with Crippen LogP contribution in [0, 0.1) is 6.92 Å². The quantitative estimate of drug-likeness (QED) is 0.794. The van der Waals surface area contributed by atoms with Crippen LogP contribution in [-0.4, -0.2) is 20.2 Å². The molecule has 1 heterocycles. The van der Waals surface area contributed by atoms with E-state index in [1.54, 1.807) is 12.1 Å². The van der Waals surface area contributed by atoms with Crippen molar-refractivity contribution in [1.29, 1.82) is 0 Å². The van der Waals surface area contributed by atoms with Gasteiger partial charge in [0.2, 0.25) is 0 Å². The second-order valence-electron chi connectivity index (χ2n) is 3.96. The number of halogens is 1. The first kappa shape index (κ1) is 14.0. The molecule has 1 aromatic carbocycles. The summed E-state index contributed by atoms with van der Waals surface area (Å²) < 4.78 is 33.4. The van der Waals surface area contributed by atoms with Gasteiger partial charge in [0.05, 0.1) is 11.5 Å². The lowest BCUT2D eigenvalue weighted by atomic mass is 10.2. The van der Waals surface area contributed by atoms with Crippen LogP contribution in [0.25, 0.3) is 0 Å². The smallest absolute Gasteiger partial charge is 0.296 e. The summed E-state index contributed by atoms with van der Waals surface area (Å²) in [7, 11) is -3.74. The van der Waals surface area contributed by atoms with Crippen molar-refractivity contribution in [2.24, 2.45) is 0 Å². The van der Waals surface area contributed by atoms with Crippen molar-refractivity contribution in [2.75, 3.05) is 6.61 Å². The highest BCUT2D eigenvalue weighted by Gasteiger charge is 2.15. The third-order valence-corrected chi connectivity index (χ3v) is 3.93. The molecular weight excluding hydrogens is 290 g/mol. The van der Waals surface area contributed by atoms with E-state index in [-0.39, 0.29) is 23.1 Å². The first-order valence-electron chi connectivity index (χ1n) is 5.54. The molecule has 0 aliphatic carbocycles. The van der Waals surface area contributed by atoms with Crippen molar-refractivity contribution in [3.05, 3.63) is 46.8 Å². The summed E-state index contributed by atoms with van der Waals surface area (Å²) in [6, 6.07) is 7.97. The Morgan fingerprint density at radius 2 is 2.00 bits per heavy atom. The van der Waals surface area contributed by atoms with E-state index in [4.69, 9.17) is 20.3 Å². The molecule has 5 nitrogen and oxygen atoms in total. The van der Waals surface area contributed by atoms with Gasteiger partial charge in [-0.25, -0.2) is 0 Å². The fraction of sp³-hybridized carbons (Fsp3) is 0.250. The van der Waals surface area contributed by atoms with Gasteiger partial charge in [-0.05, 0) is 19.1 Å². The minimum Gasteiger partial charge on any atom is -0.360 e. The van der Waals surface area contributed by atoms with Crippen LogP contribution < -0.4 is 0 Å². The Morgan fingerprint density at radius 1 is 1.32 bits per heavy atom. The standard InChI is InChI=1S/C12H12ClNO4S/c1-9-2-4-11(5-3-9)19(15,16)17-7-6-10-8-12(13)14-18-10/h2-5,8H,6-7H2,1H3. The number of hydrogen-bond acceptors (Lipinski definition) is 5. The number of rotatable bonds is 5. The molecule has 0 saturated heterocycles. The third-order valence-electron chi connectivity index (χ3n) is 2.43. The van der Waals surface area contributed by atoms with Gasteiger partial charge in [-0.3, -0.25) is 4.18 Å². The van der Waals surface area contributed by atoms with Crippen molar-refractivity contribution >= 4 is 21.7 Å². The van der Waals surface area contributed by atoms with Gasteiger partial charge in [0.15, 0.2) is 5.15 Å². The molecular formula is C12H12ClNO4S. The van der Waals surface area contributed by atoms with Crippen molar-refractivity contribution in [1.82, 2.24) is 5.16 Å². The Hall–Kier alpha value is -1.37. The summed E-state index contributed by atoms with van der Waals surface area (Å²) in [6.07, 6.45) is 0.283. The Bertz CT molecular complexity index is 649. The maximum Gasteiger partial charge on any atom is 0.296 e. The summed E-state index contributed by atoms with van der Waals surface area (Å²) in [5, 5.41) is 3.72. The van der Waals surface area contributed by atoms with Gasteiger partial charge in [-0.2, -0.15) is 8.42 Å². The van der Waals surface area contributed by atoms with Gasteiger partial charge in [0.1, 0.15) is 5.76 Å². The summed E-state index contributed by atoms with van der Waals surface area (Å²) in [5.74, 6) is 0.476. The molecule has 0 spiro atoms. The zero-order valence-corrected chi connectivity index (χ0v) is 11.7. The van der Waals surface area contributed by atoms with Crippen LogP contribution >= 0.6 is 11.6 Å². The van der Waals surface area contributed by atoms with Crippen molar-refractivity contribution in [2.45, 2.75) is 18.2 Å². The van der Waals surface area contributed by atoms with Crippen molar-refractivity contribution < 1.29 is 17.1 Å². The second-order valence-corrected chi connectivity index (χ2v) is 5.96. The van der Waals surface area contributed by atoms with E-state index in [0.717, 1.165) is 5.56 Å². The summed E-state index contributed by atoms with van der Waals surface area (Å²) in [5.41, 5.74) is 0.982. The van der Waals surface area contributed by atoms with Crippen LogP contribution in [0.15, 0.2) is 39.8 Å². The fourth-order valence-electron chi connectivity index (χ4n) is 1.43. The molecule has 2 rings (SSSR count). The van der Waals surface area contributed by atoms with Gasteiger partial charge < -0.3 is 4.52 Å². The molecule has 0 unspecified atom stereocenters. The summed E-state index contributed by atoms with van der Waals surface area (Å²) in [6.45, 7) is 1.85. The second kappa shape index (κ2) is 5.73. The molecule has 19 heavy (non-hydrogen) atoms. The molecule has 2 aromatic rings. The predicted octanol–water partition coefficient (Wildman–Crippen LogP) is 2.58. The van der Waals surface area contributed by atoms with Gasteiger partial charge in [-0.1, -0.05) is 34.5 Å². The van der Waals surface area contributed by atoms with E-state index >= 15 is 0 Å². The van der Waals surface area contributed by atoms with Gasteiger partial charge >= 0.3 is 0 Å². The maximum atomic E-state index is 11.8. The number of nitrogens with zero attached hydrogens (tertiary/aromatic N) is 1. The maximum absolute atomic E-state index is 11.8. The van der Waals surface area contributed by atoms with E-state index in [0.29, 0.717) is 5.76 Å². The molecule has 0 N–H and O–H groups in total. The largest absolute Gasteiger partial charge is 0.360 e. The van der Waals surface area contributed by atoms with E-state index in [1.807, 2.05) is 6.92 Å². The van der Waals surface area contributed by atoms with Crippen molar-refractivity contribution in [3.63, 3.8) is 0 Å². The molecule has 0 aliphatic rings. The van der Waals surface area contributed by atoms with Crippen LogP contribution in [-0.2, 0) is 20.7 Å². The van der Waals surface area contributed by atoms with E-state index < -0.39 is 10.1 Å². The number of aryl methyl sites for hydroxylation is 1. The van der Waals surface area contributed by atoms with Crippen LogP contribution in [0.4, 0.5) is 0 Å². The lowest BCUT2D eigenvalue weighted by Gasteiger charge is -2.04. The molecule has 0 aliphatic heterocycles. The molecule has 7 heteroatoms. The molecule has 0 amide bonds. The summed E-state index contributed by atoms with van der Waals surface area (Å²) in [4.78, 5) is 0.133. The predicted molar refractivity (Wildman–Crippen MR) is 69.5 cm³/mol. The summed E-state index contributed by atoms with van der Waals surface area (Å²) >= 11 is 5.58. The van der Waals surface area contributed by atoms with Crippen LogP contribution in [0.1, 0.15) is 11.3 Å². The highest BCUT2D eigenvalue weighted by molar-refractivity contribution is 7.86. The van der Waals surface area contributed by atoms with Crippen LogP contribution in [0.2, 0.25) is 5.15 Å². The third kappa shape index (κ3) is 3.79. The molecule has 0 saturated carbocycles. The van der Waals surface area contributed by atoms with Gasteiger partial charge in [-0.15, -0.1) is 0 Å². The van der Waals surface area contributed by atoms with E-state index in [9.17, 15) is 8.42 Å². The Kier molecular flexibility index (Phi) is 4.24. The monoisotopic (exact) mass is 301 g/mol. The topological polar surface area (TPSA) is 69.4 Å². The number of aromatic nitrogens is 1. The minimum atomic E-state index is -3.74. The Labute approximate surface area is 116 Å². The molecule has 0 fully saturated rings. The average Bonchev–Trinajstić information content (AvgIpc) is 2.75. The first-order valence-corrected chi connectivity index (χ1v) is 7.33. The lowest BCUT2D eigenvalue weighted by Crippen LogP contribution is -2.09. The Balaban J connectivity index is 1.96. The van der Waals surface area contributed by atoms with Gasteiger partial charge in [0, 0.05) is 12.5 Å².